The normalized spacial score (nSPS) is 10.6. The number of aryl methyl sites for hydroxylation is 1. The minimum absolute atomic E-state index is 0.678. The molecule has 0 saturated carbocycles. The molecule has 0 amide bonds. The van der Waals surface area contributed by atoms with Crippen LogP contribution < -0.4 is 5.32 Å². The molecule has 2 rings (SSSR count). The molecular formula is C13H18N4O. The van der Waals surface area contributed by atoms with Crippen molar-refractivity contribution in [3.8, 4) is 0 Å². The largest absolute Gasteiger partial charge is 0.383 e. The molecule has 96 valence electrons. The van der Waals surface area contributed by atoms with Gasteiger partial charge in [0.25, 0.3) is 0 Å². The smallest absolute Gasteiger partial charge is 0.203 e. The Hall–Kier alpha value is -1.88. The molecule has 2 heterocycles. The van der Waals surface area contributed by atoms with Crippen LogP contribution in [0.5, 0.6) is 0 Å². The lowest BCUT2D eigenvalue weighted by Gasteiger charge is -2.10. The minimum atomic E-state index is 0.678. The first-order valence-corrected chi connectivity index (χ1v) is 5.94. The number of hydrogen-bond donors (Lipinski definition) is 1. The number of anilines is 1. The van der Waals surface area contributed by atoms with Crippen molar-refractivity contribution in [3.05, 3.63) is 42.0 Å². The molecule has 0 radical (unpaired) electrons. The zero-order valence-electron chi connectivity index (χ0n) is 10.8. The van der Waals surface area contributed by atoms with Gasteiger partial charge in [-0.3, -0.25) is 4.98 Å². The van der Waals surface area contributed by atoms with Crippen LogP contribution in [0.4, 0.5) is 5.95 Å². The third-order valence-electron chi connectivity index (χ3n) is 2.84. The van der Waals surface area contributed by atoms with E-state index in [2.05, 4.69) is 22.2 Å². The van der Waals surface area contributed by atoms with E-state index in [1.807, 2.05) is 23.0 Å². The molecule has 0 saturated heterocycles. The summed E-state index contributed by atoms with van der Waals surface area (Å²) in [5.41, 5.74) is 2.41. The molecule has 5 heteroatoms. The summed E-state index contributed by atoms with van der Waals surface area (Å²) in [6, 6.07) is 2.01. The Bertz CT molecular complexity index is 495. The summed E-state index contributed by atoms with van der Waals surface area (Å²) in [4.78, 5) is 8.42. The molecule has 1 N–H and O–H groups in total. The van der Waals surface area contributed by atoms with Gasteiger partial charge in [0.15, 0.2) is 0 Å². The summed E-state index contributed by atoms with van der Waals surface area (Å²) in [7, 11) is 1.70. The monoisotopic (exact) mass is 246 g/mol. The minimum Gasteiger partial charge on any atom is -0.383 e. The van der Waals surface area contributed by atoms with Gasteiger partial charge < -0.3 is 14.6 Å². The fourth-order valence-electron chi connectivity index (χ4n) is 1.70. The average molecular weight is 246 g/mol. The van der Waals surface area contributed by atoms with E-state index in [1.54, 1.807) is 19.5 Å². The lowest BCUT2D eigenvalue weighted by Crippen LogP contribution is -2.10. The van der Waals surface area contributed by atoms with Crippen molar-refractivity contribution in [1.82, 2.24) is 14.5 Å². The Kier molecular flexibility index (Phi) is 4.30. The number of rotatable bonds is 6. The number of pyridine rings is 1. The van der Waals surface area contributed by atoms with Gasteiger partial charge in [0.2, 0.25) is 5.95 Å². The fourth-order valence-corrected chi connectivity index (χ4v) is 1.70. The molecule has 0 spiro atoms. The molecule has 18 heavy (non-hydrogen) atoms. The molecule has 0 aromatic carbocycles. The molecule has 0 atom stereocenters. The van der Waals surface area contributed by atoms with Crippen LogP contribution in [0.3, 0.4) is 0 Å². The molecule has 2 aromatic rings. The first kappa shape index (κ1) is 12.6. The third kappa shape index (κ3) is 3.07. The second-order valence-electron chi connectivity index (χ2n) is 4.09. The summed E-state index contributed by atoms with van der Waals surface area (Å²) in [5, 5.41) is 3.32. The second kappa shape index (κ2) is 6.16. The Labute approximate surface area is 107 Å². The van der Waals surface area contributed by atoms with Gasteiger partial charge in [0.05, 0.1) is 6.61 Å². The lowest BCUT2D eigenvalue weighted by molar-refractivity contribution is 0.187. The predicted molar refractivity (Wildman–Crippen MR) is 70.4 cm³/mol. The molecule has 0 aliphatic heterocycles. The highest BCUT2D eigenvalue weighted by atomic mass is 16.5. The van der Waals surface area contributed by atoms with Gasteiger partial charge in [-0.25, -0.2) is 4.98 Å². The summed E-state index contributed by atoms with van der Waals surface area (Å²) < 4.78 is 7.10. The van der Waals surface area contributed by atoms with E-state index in [0.717, 1.165) is 19.0 Å². The summed E-state index contributed by atoms with van der Waals surface area (Å²) in [5.74, 6) is 0.857. The van der Waals surface area contributed by atoms with Crippen molar-refractivity contribution in [2.45, 2.75) is 20.0 Å². The molecule has 0 fully saturated rings. The van der Waals surface area contributed by atoms with Crippen molar-refractivity contribution in [2.24, 2.45) is 0 Å². The van der Waals surface area contributed by atoms with Crippen molar-refractivity contribution in [2.75, 3.05) is 19.0 Å². The van der Waals surface area contributed by atoms with Crippen molar-refractivity contribution >= 4 is 5.95 Å². The Morgan fingerprint density at radius 1 is 1.39 bits per heavy atom. The van der Waals surface area contributed by atoms with E-state index >= 15 is 0 Å². The first-order valence-electron chi connectivity index (χ1n) is 5.94. The predicted octanol–water partition coefficient (Wildman–Crippen LogP) is 1.85. The maximum atomic E-state index is 5.07. The van der Waals surface area contributed by atoms with Gasteiger partial charge in [0.1, 0.15) is 0 Å². The van der Waals surface area contributed by atoms with Crippen LogP contribution in [0, 0.1) is 6.92 Å². The molecule has 0 unspecified atom stereocenters. The van der Waals surface area contributed by atoms with Gasteiger partial charge in [-0.05, 0) is 24.1 Å². The van der Waals surface area contributed by atoms with E-state index in [1.165, 1.54) is 11.1 Å². The van der Waals surface area contributed by atoms with Crippen LogP contribution in [0.2, 0.25) is 0 Å². The maximum Gasteiger partial charge on any atom is 0.203 e. The molecule has 0 bridgehead atoms. The maximum absolute atomic E-state index is 5.07. The number of imidazole rings is 1. The average Bonchev–Trinajstić information content (AvgIpc) is 2.83. The van der Waals surface area contributed by atoms with Crippen LogP contribution in [0.25, 0.3) is 0 Å². The molecule has 2 aromatic heterocycles. The first-order chi connectivity index (χ1) is 8.81. The van der Waals surface area contributed by atoms with Gasteiger partial charge in [-0.2, -0.15) is 0 Å². The highest BCUT2D eigenvalue weighted by Gasteiger charge is 2.03. The van der Waals surface area contributed by atoms with E-state index < -0.39 is 0 Å². The number of hydrogen-bond acceptors (Lipinski definition) is 4. The summed E-state index contributed by atoms with van der Waals surface area (Å²) >= 11 is 0. The quantitative estimate of drug-likeness (QED) is 0.845. The number of nitrogens with one attached hydrogen (secondary N) is 1. The van der Waals surface area contributed by atoms with Gasteiger partial charge in [0, 0.05) is 45.0 Å². The second-order valence-corrected chi connectivity index (χ2v) is 4.09. The van der Waals surface area contributed by atoms with Crippen LogP contribution in [-0.2, 0) is 17.8 Å². The molecule has 0 aliphatic carbocycles. The fraction of sp³-hybridized carbons (Fsp3) is 0.385. The van der Waals surface area contributed by atoms with Crippen molar-refractivity contribution in [3.63, 3.8) is 0 Å². The Morgan fingerprint density at radius 3 is 3.06 bits per heavy atom. The van der Waals surface area contributed by atoms with E-state index in [0.29, 0.717) is 6.61 Å². The number of methoxy groups -OCH3 is 1. The topological polar surface area (TPSA) is 52.0 Å². The van der Waals surface area contributed by atoms with E-state index in [9.17, 15) is 0 Å². The summed E-state index contributed by atoms with van der Waals surface area (Å²) in [6.45, 7) is 4.28. The number of nitrogens with zero attached hydrogens (tertiary/aromatic N) is 3. The Morgan fingerprint density at radius 2 is 2.28 bits per heavy atom. The number of ether oxygens (including phenoxy) is 1. The van der Waals surface area contributed by atoms with Crippen LogP contribution in [0.1, 0.15) is 11.1 Å². The van der Waals surface area contributed by atoms with Gasteiger partial charge in [-0.1, -0.05) is 0 Å². The third-order valence-corrected chi connectivity index (χ3v) is 2.84. The molecule has 0 aliphatic rings. The Balaban J connectivity index is 1.98. The van der Waals surface area contributed by atoms with Crippen molar-refractivity contribution in [1.29, 1.82) is 0 Å². The SMILES string of the molecule is COCCn1ccnc1NCc1cnccc1C. The standard InChI is InChI=1S/C13H18N4O/c1-11-3-4-14-9-12(11)10-16-13-15-5-6-17(13)7-8-18-2/h3-6,9H,7-8,10H2,1-2H3,(H,15,16). The number of aromatic nitrogens is 3. The van der Waals surface area contributed by atoms with Crippen LogP contribution >= 0.6 is 0 Å². The van der Waals surface area contributed by atoms with Crippen molar-refractivity contribution < 1.29 is 4.74 Å². The van der Waals surface area contributed by atoms with Gasteiger partial charge >= 0.3 is 0 Å². The van der Waals surface area contributed by atoms with E-state index in [-0.39, 0.29) is 0 Å². The molecular weight excluding hydrogens is 228 g/mol. The van der Waals surface area contributed by atoms with E-state index in [4.69, 9.17) is 4.74 Å². The lowest BCUT2D eigenvalue weighted by atomic mass is 10.2. The zero-order valence-corrected chi connectivity index (χ0v) is 10.8. The summed E-state index contributed by atoms with van der Waals surface area (Å²) in [6.07, 6.45) is 7.41. The van der Waals surface area contributed by atoms with Gasteiger partial charge in [-0.15, -0.1) is 0 Å². The molecule has 5 nitrogen and oxygen atoms in total. The van der Waals surface area contributed by atoms with Crippen LogP contribution in [-0.4, -0.2) is 28.3 Å². The zero-order chi connectivity index (χ0) is 12.8. The van der Waals surface area contributed by atoms with Crippen LogP contribution in [0.15, 0.2) is 30.9 Å². The highest BCUT2D eigenvalue weighted by Crippen LogP contribution is 2.09. The highest BCUT2D eigenvalue weighted by molar-refractivity contribution is 5.30.